The maximum Gasteiger partial charge on any atom is 0.219 e. The molecule has 2 aromatic carbocycles. The molecule has 2 aromatic rings. The maximum atomic E-state index is 13.8. The Morgan fingerprint density at radius 2 is 1.74 bits per heavy atom. The van der Waals surface area contributed by atoms with E-state index < -0.39 is 17.4 Å². The lowest BCUT2D eigenvalue weighted by Gasteiger charge is -2.35. The highest BCUT2D eigenvalue weighted by Crippen LogP contribution is 2.26. The lowest BCUT2D eigenvalue weighted by Crippen LogP contribution is -2.48. The number of hydrogen-bond acceptors (Lipinski definition) is 5. The van der Waals surface area contributed by atoms with Crippen molar-refractivity contribution in [3.63, 3.8) is 0 Å². The number of nitrogens with zero attached hydrogens (tertiary/aromatic N) is 2. The van der Waals surface area contributed by atoms with Crippen LogP contribution in [0.1, 0.15) is 25.8 Å². The highest BCUT2D eigenvalue weighted by molar-refractivity contribution is 5.73. The molecule has 0 saturated carbocycles. The molecule has 1 aliphatic rings. The molecule has 1 fully saturated rings. The average Bonchev–Trinajstić information content (AvgIpc) is 2.73. The fraction of sp³-hybridized carbons (Fsp3) is 0.435. The van der Waals surface area contributed by atoms with Crippen molar-refractivity contribution < 1.29 is 28.2 Å². The summed E-state index contributed by atoms with van der Waals surface area (Å²) in [6.07, 6.45) is 0.480. The van der Waals surface area contributed by atoms with Crippen LogP contribution in [0.5, 0.6) is 5.75 Å². The lowest BCUT2D eigenvalue weighted by atomic mass is 10.1. The molecular weight excluding hydrogens is 406 g/mol. The van der Waals surface area contributed by atoms with E-state index in [1.165, 1.54) is 13.0 Å². The van der Waals surface area contributed by atoms with Gasteiger partial charge in [-0.2, -0.15) is 0 Å². The van der Waals surface area contributed by atoms with Crippen molar-refractivity contribution in [1.82, 2.24) is 4.90 Å². The summed E-state index contributed by atoms with van der Waals surface area (Å²) in [6.45, 7) is 6.45. The number of benzene rings is 2. The third-order valence-corrected chi connectivity index (χ3v) is 5.30. The SMILES string of the molecule is CC(=O)N1CCN(c2ccc(OCCCOC(C)(O)c3ccc(F)cc3F)cc2)CC1. The van der Waals surface area contributed by atoms with Crippen LogP contribution in [0.3, 0.4) is 0 Å². The van der Waals surface area contributed by atoms with Crippen LogP contribution in [-0.4, -0.2) is 55.3 Å². The summed E-state index contributed by atoms with van der Waals surface area (Å²) in [6, 6.07) is 10.7. The Balaban J connectivity index is 1.40. The summed E-state index contributed by atoms with van der Waals surface area (Å²) in [4.78, 5) is 15.5. The van der Waals surface area contributed by atoms with Crippen LogP contribution in [0.25, 0.3) is 0 Å². The van der Waals surface area contributed by atoms with Gasteiger partial charge in [0, 0.05) is 56.8 Å². The van der Waals surface area contributed by atoms with E-state index in [2.05, 4.69) is 4.90 Å². The highest BCUT2D eigenvalue weighted by atomic mass is 19.1. The molecule has 3 rings (SSSR count). The number of anilines is 1. The van der Waals surface area contributed by atoms with E-state index in [0.29, 0.717) is 24.8 Å². The maximum absolute atomic E-state index is 13.8. The van der Waals surface area contributed by atoms with Gasteiger partial charge < -0.3 is 24.4 Å². The Hall–Kier alpha value is -2.71. The molecule has 1 heterocycles. The second-order valence-electron chi connectivity index (χ2n) is 7.64. The molecule has 0 aromatic heterocycles. The van der Waals surface area contributed by atoms with Gasteiger partial charge in [0.15, 0.2) is 5.79 Å². The average molecular weight is 434 g/mol. The molecule has 0 spiro atoms. The molecule has 0 bridgehead atoms. The molecule has 8 heteroatoms. The molecule has 1 unspecified atom stereocenters. The summed E-state index contributed by atoms with van der Waals surface area (Å²) in [5.41, 5.74) is 0.964. The lowest BCUT2D eigenvalue weighted by molar-refractivity contribution is -0.201. The van der Waals surface area contributed by atoms with Gasteiger partial charge in [-0.3, -0.25) is 4.79 Å². The minimum Gasteiger partial charge on any atom is -0.494 e. The molecule has 31 heavy (non-hydrogen) atoms. The molecule has 1 aliphatic heterocycles. The number of amides is 1. The van der Waals surface area contributed by atoms with Gasteiger partial charge in [0.05, 0.1) is 13.2 Å². The van der Waals surface area contributed by atoms with Crippen molar-refractivity contribution in [3.8, 4) is 5.75 Å². The number of ether oxygens (including phenoxy) is 2. The quantitative estimate of drug-likeness (QED) is 0.510. The van der Waals surface area contributed by atoms with Crippen molar-refractivity contribution in [2.24, 2.45) is 0 Å². The molecule has 0 aliphatic carbocycles. The number of hydrogen-bond donors (Lipinski definition) is 1. The van der Waals surface area contributed by atoms with E-state index in [9.17, 15) is 18.7 Å². The largest absolute Gasteiger partial charge is 0.494 e. The van der Waals surface area contributed by atoms with Crippen LogP contribution < -0.4 is 9.64 Å². The predicted molar refractivity (Wildman–Crippen MR) is 113 cm³/mol. The van der Waals surface area contributed by atoms with Crippen molar-refractivity contribution in [2.45, 2.75) is 26.1 Å². The van der Waals surface area contributed by atoms with Gasteiger partial charge in [-0.05, 0) is 43.3 Å². The summed E-state index contributed by atoms with van der Waals surface area (Å²) in [7, 11) is 0. The van der Waals surface area contributed by atoms with Crippen LogP contribution in [0, 0.1) is 11.6 Å². The molecule has 1 N–H and O–H groups in total. The minimum atomic E-state index is -1.86. The Kier molecular flexibility index (Phi) is 7.46. The van der Waals surface area contributed by atoms with Crippen molar-refractivity contribution in [2.75, 3.05) is 44.3 Å². The first kappa shape index (κ1) is 23.0. The zero-order chi connectivity index (χ0) is 22.4. The van der Waals surface area contributed by atoms with Crippen LogP contribution in [0.4, 0.5) is 14.5 Å². The molecule has 1 saturated heterocycles. The number of rotatable bonds is 8. The third kappa shape index (κ3) is 6.15. The minimum absolute atomic E-state index is 0.108. The van der Waals surface area contributed by atoms with E-state index in [4.69, 9.17) is 9.47 Å². The fourth-order valence-electron chi connectivity index (χ4n) is 3.50. The topological polar surface area (TPSA) is 62.2 Å². The van der Waals surface area contributed by atoms with Gasteiger partial charge in [-0.25, -0.2) is 8.78 Å². The van der Waals surface area contributed by atoms with Crippen molar-refractivity contribution in [1.29, 1.82) is 0 Å². The molecular formula is C23H28F2N2O4. The second kappa shape index (κ2) is 10.1. The van der Waals surface area contributed by atoms with E-state index >= 15 is 0 Å². The van der Waals surface area contributed by atoms with Crippen LogP contribution in [0.2, 0.25) is 0 Å². The smallest absolute Gasteiger partial charge is 0.219 e. The number of halogens is 2. The molecule has 1 amide bonds. The van der Waals surface area contributed by atoms with Crippen molar-refractivity contribution in [3.05, 3.63) is 59.7 Å². The van der Waals surface area contributed by atoms with Crippen LogP contribution >= 0.6 is 0 Å². The van der Waals surface area contributed by atoms with Crippen molar-refractivity contribution >= 4 is 11.6 Å². The van der Waals surface area contributed by atoms with Gasteiger partial charge >= 0.3 is 0 Å². The first-order valence-electron chi connectivity index (χ1n) is 10.3. The summed E-state index contributed by atoms with van der Waals surface area (Å²) in [5, 5.41) is 10.3. The Morgan fingerprint density at radius 3 is 2.35 bits per heavy atom. The molecule has 168 valence electrons. The van der Waals surface area contributed by atoms with Crippen LogP contribution in [0.15, 0.2) is 42.5 Å². The summed E-state index contributed by atoms with van der Waals surface area (Å²) >= 11 is 0. The van der Waals surface area contributed by atoms with E-state index in [1.54, 1.807) is 6.92 Å². The Morgan fingerprint density at radius 1 is 1.06 bits per heavy atom. The first-order valence-corrected chi connectivity index (χ1v) is 10.3. The predicted octanol–water partition coefficient (Wildman–Crippen LogP) is 3.28. The van der Waals surface area contributed by atoms with Gasteiger partial charge in [-0.15, -0.1) is 0 Å². The van der Waals surface area contributed by atoms with E-state index in [-0.39, 0.29) is 18.1 Å². The standard InChI is InChI=1S/C23H28F2N2O4/c1-17(28)26-10-12-27(13-11-26)19-5-7-20(8-6-19)30-14-3-15-31-23(2,29)21-9-4-18(24)16-22(21)25/h4-9,16,29H,3,10-15H2,1-2H3. The summed E-state index contributed by atoms with van der Waals surface area (Å²) < 4.78 is 37.9. The second-order valence-corrected chi connectivity index (χ2v) is 7.64. The van der Waals surface area contributed by atoms with Gasteiger partial charge in [-0.1, -0.05) is 0 Å². The zero-order valence-corrected chi connectivity index (χ0v) is 17.8. The van der Waals surface area contributed by atoms with Gasteiger partial charge in [0.2, 0.25) is 5.91 Å². The Bertz CT molecular complexity index is 882. The van der Waals surface area contributed by atoms with Gasteiger partial charge in [0.25, 0.3) is 0 Å². The fourth-order valence-corrected chi connectivity index (χ4v) is 3.50. The number of carbonyl (C=O) groups excluding carboxylic acids is 1. The molecule has 0 radical (unpaired) electrons. The molecule has 6 nitrogen and oxygen atoms in total. The Labute approximate surface area is 181 Å². The monoisotopic (exact) mass is 434 g/mol. The normalized spacial score (nSPS) is 16.2. The van der Waals surface area contributed by atoms with E-state index in [0.717, 1.165) is 37.9 Å². The van der Waals surface area contributed by atoms with Gasteiger partial charge in [0.1, 0.15) is 17.4 Å². The zero-order valence-electron chi connectivity index (χ0n) is 17.8. The number of carbonyl (C=O) groups is 1. The van der Waals surface area contributed by atoms with Crippen LogP contribution in [-0.2, 0) is 15.3 Å². The number of aliphatic hydroxyl groups is 1. The highest BCUT2D eigenvalue weighted by Gasteiger charge is 2.27. The summed E-state index contributed by atoms with van der Waals surface area (Å²) in [5.74, 6) is -2.61. The van der Waals surface area contributed by atoms with E-state index in [1.807, 2.05) is 29.2 Å². The first-order chi connectivity index (χ1) is 14.8. The number of piperazine rings is 1. The molecule has 1 atom stereocenters. The third-order valence-electron chi connectivity index (χ3n) is 5.30.